The van der Waals surface area contributed by atoms with Gasteiger partial charge in [-0.25, -0.2) is 33.6 Å². The molecule has 85 heavy (non-hydrogen) atoms. The van der Waals surface area contributed by atoms with Crippen molar-refractivity contribution in [3.8, 4) is 0 Å². The van der Waals surface area contributed by atoms with Crippen LogP contribution in [0.3, 0.4) is 0 Å². The van der Waals surface area contributed by atoms with E-state index in [0.717, 1.165) is 0 Å². The molecule has 0 saturated carbocycles. The number of carboxylic acids is 7. The summed E-state index contributed by atoms with van der Waals surface area (Å²) in [5, 5.41) is 241. The van der Waals surface area contributed by atoms with Crippen molar-refractivity contribution in [2.24, 2.45) is 0 Å². The van der Waals surface area contributed by atoms with Crippen LogP contribution in [0.15, 0.2) is 0 Å². The Labute approximate surface area is 469 Å². The third kappa shape index (κ3) is 13.4. The number of hydrogen-bond donors (Lipinski definition) is 23. The highest BCUT2D eigenvalue weighted by molar-refractivity contribution is 5.76. The number of aliphatic hydroxyl groups excluding tert-OH is 16. The van der Waals surface area contributed by atoms with E-state index < -0.39 is 257 Å². The standard InChI is InChI=1S/C42H58O43/c43-1-2(44)22(29(58)59)80-37(10(1)52)75-17-4(46)12(54)39(82-24(17)31(62)63)77-19-6(48)14(56)41(84-26(19)33(66)67)79-21-8(50)15(57)42(85-28(21)35(70)71)78-20-7(49)13(55)40(83-27(20)34(68)69)76-18-5(47)11(53)38(81-25(18)32(64)65)74-16-3(45)9(51)36(72)73-23(16)30(60)61/h1-28,36-57,72H,(H,58,59)(H,60,61)(H,62,63)(H,64,65)(H,66,67)(H,68,69)(H,70,71)/t1-,2+,3+,4+,5+,6+,7+,8+,9+,10+,11+,12+,13+,14+,15+,16+,17+,18+,19+,20+,21+,22-,23-,24-,25-,26-,27-,28-,36-,37-,38-,39-,40-,41-,42-/m0/s1. The van der Waals surface area contributed by atoms with Crippen LogP contribution in [0.1, 0.15) is 0 Å². The Morgan fingerprint density at radius 3 is 0.565 bits per heavy atom. The van der Waals surface area contributed by atoms with Crippen molar-refractivity contribution in [2.45, 2.75) is 215 Å². The summed E-state index contributed by atoms with van der Waals surface area (Å²) >= 11 is 0. The molecule has 7 aliphatic heterocycles. The Morgan fingerprint density at radius 1 is 0.200 bits per heavy atom. The van der Waals surface area contributed by atoms with Crippen molar-refractivity contribution >= 4 is 41.8 Å². The Kier molecular flexibility index (Phi) is 21.4. The average molecular weight is 1250 g/mol. The fourth-order valence-corrected chi connectivity index (χ4v) is 9.79. The summed E-state index contributed by atoms with van der Waals surface area (Å²) < 4.78 is 67.1. The summed E-state index contributed by atoms with van der Waals surface area (Å²) in [7, 11) is 0. The molecule has 43 nitrogen and oxygen atoms in total. The molecule has 0 aliphatic carbocycles. The highest BCUT2D eigenvalue weighted by atomic mass is 16.8. The summed E-state index contributed by atoms with van der Waals surface area (Å²) in [6, 6.07) is 0. The summed E-state index contributed by atoms with van der Waals surface area (Å²) in [4.78, 5) is 85.8. The minimum atomic E-state index is -2.71. The number of aliphatic hydroxyl groups is 16. The molecule has 484 valence electrons. The highest BCUT2D eigenvalue weighted by Gasteiger charge is 2.62. The number of rotatable bonds is 19. The van der Waals surface area contributed by atoms with Crippen molar-refractivity contribution in [1.82, 2.24) is 0 Å². The summed E-state index contributed by atoms with van der Waals surface area (Å²) in [6.45, 7) is 0. The maximum Gasteiger partial charge on any atom is 0.335 e. The SMILES string of the molecule is O=C(O)[C@H]1O[C@H](O[C@@H]2[C@H](O)[C@@H](O)[C@@H](O[C@@H]3[C@H](O)[C@@H](O)[C@@H](O[C@@H]4[C@H](O)[C@@H](O)[C@@H](O[C@@H]5[C@H](O)[C@@H](O)[C@@H](O[C@@H]6[C@H](O)[C@@H](O)[C@@H](O[C@@H]7[C@H](O)[C@@H](O)[C@@H](O)O[C@@H]7C(=O)O)O[C@@H]6C(=O)O)O[C@@H]5C(=O)O)O[C@@H]4C(=O)O)O[C@@H]3C(=O)O)O[C@@H]2C(=O)O)[C@H](O)[C@@H](O)[C@H]1O. The van der Waals surface area contributed by atoms with Crippen LogP contribution in [-0.2, 0) is 95.1 Å². The molecule has 0 aromatic heterocycles. The molecule has 23 N–H and O–H groups in total. The maximum absolute atomic E-state index is 12.6. The molecule has 43 heteroatoms. The van der Waals surface area contributed by atoms with Gasteiger partial charge >= 0.3 is 41.8 Å². The van der Waals surface area contributed by atoms with E-state index in [2.05, 4.69) is 4.74 Å². The summed E-state index contributed by atoms with van der Waals surface area (Å²) in [5.74, 6) is -14.5. The molecule has 0 amide bonds. The molecular weight excluding hydrogens is 1190 g/mol. The fraction of sp³-hybridized carbons (Fsp3) is 0.833. The zero-order valence-corrected chi connectivity index (χ0v) is 42.2. The van der Waals surface area contributed by atoms with Crippen molar-refractivity contribution in [3.05, 3.63) is 0 Å². The molecular formula is C42H58O43. The van der Waals surface area contributed by atoms with Gasteiger partial charge in [0.25, 0.3) is 0 Å². The van der Waals surface area contributed by atoms with Gasteiger partial charge in [0.1, 0.15) is 128 Å². The van der Waals surface area contributed by atoms with E-state index in [9.17, 15) is 151 Å². The van der Waals surface area contributed by atoms with E-state index in [1.807, 2.05) is 0 Å². The van der Waals surface area contributed by atoms with Crippen LogP contribution in [0.4, 0.5) is 0 Å². The predicted molar refractivity (Wildman–Crippen MR) is 236 cm³/mol. The molecule has 35 atom stereocenters. The van der Waals surface area contributed by atoms with Gasteiger partial charge in [0.2, 0.25) is 0 Å². The van der Waals surface area contributed by atoms with Gasteiger partial charge in [-0.05, 0) is 0 Å². The van der Waals surface area contributed by atoms with Crippen LogP contribution in [0.25, 0.3) is 0 Å². The number of carbonyl (C=O) groups is 7. The first-order valence-corrected chi connectivity index (χ1v) is 24.6. The van der Waals surface area contributed by atoms with Crippen LogP contribution in [0, 0.1) is 0 Å². The number of hydrogen-bond acceptors (Lipinski definition) is 36. The quantitative estimate of drug-likeness (QED) is 0.0571. The first-order valence-electron chi connectivity index (χ1n) is 24.6. The second kappa shape index (κ2) is 26.8. The van der Waals surface area contributed by atoms with E-state index >= 15 is 0 Å². The van der Waals surface area contributed by atoms with Gasteiger partial charge in [0, 0.05) is 0 Å². The molecule has 0 unspecified atom stereocenters. The van der Waals surface area contributed by atoms with E-state index in [1.165, 1.54) is 0 Å². The van der Waals surface area contributed by atoms with Gasteiger partial charge in [-0.1, -0.05) is 0 Å². The zero-order valence-electron chi connectivity index (χ0n) is 42.2. The minimum absolute atomic E-state index is 1.91. The monoisotopic (exact) mass is 1250 g/mol. The van der Waals surface area contributed by atoms with Crippen molar-refractivity contribution in [1.29, 1.82) is 0 Å². The van der Waals surface area contributed by atoms with E-state index in [1.54, 1.807) is 0 Å². The third-order valence-corrected chi connectivity index (χ3v) is 14.3. The highest BCUT2D eigenvalue weighted by Crippen LogP contribution is 2.38. The Bertz CT molecular complexity index is 2400. The lowest BCUT2D eigenvalue weighted by Gasteiger charge is -2.48. The van der Waals surface area contributed by atoms with Crippen LogP contribution in [0.5, 0.6) is 0 Å². The fourth-order valence-electron chi connectivity index (χ4n) is 9.79. The zero-order chi connectivity index (χ0) is 63.4. The number of aliphatic carboxylic acids is 7. The number of carboxylic acid groups (broad SMARTS) is 7. The van der Waals surface area contributed by atoms with Crippen LogP contribution >= 0.6 is 0 Å². The molecule has 7 aliphatic rings. The maximum atomic E-state index is 12.6. The number of ether oxygens (including phenoxy) is 13. The molecule has 0 bridgehead atoms. The Hall–Kier alpha value is -4.87. The van der Waals surface area contributed by atoms with Crippen LogP contribution in [-0.4, -0.2) is 374 Å². The molecule has 7 fully saturated rings. The summed E-state index contributed by atoms with van der Waals surface area (Å²) in [6.07, 6.45) is -88.0. The van der Waals surface area contributed by atoms with E-state index in [0.29, 0.717) is 0 Å². The normalized spacial score (nSPS) is 49.7. The van der Waals surface area contributed by atoms with Crippen molar-refractivity contribution in [2.75, 3.05) is 0 Å². The first kappa shape index (κ1) is 67.6. The molecule has 7 saturated heterocycles. The smallest absolute Gasteiger partial charge is 0.335 e. The second-order valence-electron chi connectivity index (χ2n) is 19.8. The summed E-state index contributed by atoms with van der Waals surface area (Å²) in [5.41, 5.74) is 0. The molecule has 7 rings (SSSR count). The molecule has 0 aromatic carbocycles. The van der Waals surface area contributed by atoms with Gasteiger partial charge in [-0.15, -0.1) is 0 Å². The second-order valence-corrected chi connectivity index (χ2v) is 19.8. The topological polar surface area (TPSA) is 705 Å². The molecule has 0 radical (unpaired) electrons. The van der Waals surface area contributed by atoms with E-state index in [4.69, 9.17) is 56.8 Å². The third-order valence-electron chi connectivity index (χ3n) is 14.3. The average Bonchev–Trinajstić information content (AvgIpc) is 3.42. The minimum Gasteiger partial charge on any atom is -0.479 e. The Balaban J connectivity index is 1.01. The molecule has 0 spiro atoms. The van der Waals surface area contributed by atoms with Crippen LogP contribution < -0.4 is 0 Å². The van der Waals surface area contributed by atoms with Crippen LogP contribution in [0.2, 0.25) is 0 Å². The van der Waals surface area contributed by atoms with E-state index in [-0.39, 0.29) is 0 Å². The predicted octanol–water partition coefficient (Wildman–Crippen LogP) is -15.6. The van der Waals surface area contributed by atoms with Gasteiger partial charge in [0.15, 0.2) is 86.8 Å². The lowest BCUT2D eigenvalue weighted by atomic mass is 9.94. The van der Waals surface area contributed by atoms with Gasteiger partial charge < -0.3 is 179 Å². The molecule has 7 heterocycles. The van der Waals surface area contributed by atoms with Crippen molar-refractivity contribution in [3.63, 3.8) is 0 Å². The van der Waals surface area contributed by atoms with Gasteiger partial charge in [0.05, 0.1) is 0 Å². The Morgan fingerprint density at radius 2 is 0.365 bits per heavy atom. The largest absolute Gasteiger partial charge is 0.479 e. The molecule has 0 aromatic rings. The van der Waals surface area contributed by atoms with Crippen molar-refractivity contribution < 1.29 is 213 Å². The van der Waals surface area contributed by atoms with Gasteiger partial charge in [-0.3, -0.25) is 0 Å². The lowest BCUT2D eigenvalue weighted by Crippen LogP contribution is -2.69. The first-order chi connectivity index (χ1) is 39.6. The lowest BCUT2D eigenvalue weighted by molar-refractivity contribution is -0.388. The van der Waals surface area contributed by atoms with Gasteiger partial charge in [-0.2, -0.15) is 0 Å².